The predicted octanol–water partition coefficient (Wildman–Crippen LogP) is 4.21. The summed E-state index contributed by atoms with van der Waals surface area (Å²) in [4.78, 5) is 8.65. The van der Waals surface area contributed by atoms with Crippen molar-refractivity contribution in [3.63, 3.8) is 0 Å². The molecule has 0 atom stereocenters. The topological polar surface area (TPSA) is 35.0 Å². The fourth-order valence-corrected chi connectivity index (χ4v) is 2.09. The minimum Gasteiger partial charge on any atom is -0.491 e. The van der Waals surface area contributed by atoms with Gasteiger partial charge in [-0.05, 0) is 40.8 Å². The third kappa shape index (κ3) is 3.42. The molecular weight excluding hydrogens is 292 g/mol. The fourth-order valence-electron chi connectivity index (χ4n) is 1.77. The van der Waals surface area contributed by atoms with Crippen LogP contribution in [-0.4, -0.2) is 16.6 Å². The van der Waals surface area contributed by atoms with Crippen LogP contribution < -0.4 is 4.74 Å². The normalized spacial score (nSPS) is 11.1. The molecule has 18 heavy (non-hydrogen) atoms. The third-order valence-corrected chi connectivity index (χ3v) is 3.12. The smallest absolute Gasteiger partial charge is 0.148 e. The Morgan fingerprint density at radius 1 is 1.33 bits per heavy atom. The molecule has 2 aromatic rings. The van der Waals surface area contributed by atoms with Gasteiger partial charge in [0.15, 0.2) is 0 Å². The zero-order valence-corrected chi connectivity index (χ0v) is 12.3. The van der Waals surface area contributed by atoms with E-state index < -0.39 is 0 Å². The molecule has 0 saturated carbocycles. The van der Waals surface area contributed by atoms with Gasteiger partial charge in [-0.1, -0.05) is 13.8 Å². The summed E-state index contributed by atoms with van der Waals surface area (Å²) in [6.45, 7) is 5.18. The monoisotopic (exact) mass is 308 g/mol. The molecule has 0 saturated heterocycles. The van der Waals surface area contributed by atoms with Crippen molar-refractivity contribution in [2.45, 2.75) is 26.7 Å². The zero-order chi connectivity index (χ0) is 13.0. The number of pyridine rings is 2. The zero-order valence-electron chi connectivity index (χ0n) is 10.7. The molecule has 4 heteroatoms. The summed E-state index contributed by atoms with van der Waals surface area (Å²) in [5, 5.41) is 0. The van der Waals surface area contributed by atoms with Crippen molar-refractivity contribution in [2.75, 3.05) is 6.61 Å². The van der Waals surface area contributed by atoms with E-state index in [9.17, 15) is 0 Å². The summed E-state index contributed by atoms with van der Waals surface area (Å²) < 4.78 is 6.72. The molecule has 0 bridgehead atoms. The lowest BCUT2D eigenvalue weighted by Gasteiger charge is -2.09. The molecule has 0 aliphatic heterocycles. The Kier molecular flexibility index (Phi) is 4.53. The molecule has 2 heterocycles. The molecule has 0 aliphatic carbocycles. The number of ether oxygens (including phenoxy) is 1. The van der Waals surface area contributed by atoms with E-state index in [-0.39, 0.29) is 0 Å². The maximum absolute atomic E-state index is 5.79. The van der Waals surface area contributed by atoms with Crippen LogP contribution in [0.2, 0.25) is 0 Å². The van der Waals surface area contributed by atoms with Gasteiger partial charge in [0.2, 0.25) is 0 Å². The first-order chi connectivity index (χ1) is 8.66. The summed E-state index contributed by atoms with van der Waals surface area (Å²) >= 11 is 3.39. The van der Waals surface area contributed by atoms with Gasteiger partial charge in [-0.2, -0.15) is 0 Å². The first-order valence-corrected chi connectivity index (χ1v) is 6.99. The van der Waals surface area contributed by atoms with E-state index in [0.717, 1.165) is 40.2 Å². The number of fused-ring (bicyclic) bond motifs is 1. The molecule has 3 nitrogen and oxygen atoms in total. The Bertz CT molecular complexity index is 528. The molecule has 0 unspecified atom stereocenters. The van der Waals surface area contributed by atoms with Crippen LogP contribution in [0.1, 0.15) is 26.7 Å². The molecule has 0 N–H and O–H groups in total. The molecule has 2 aromatic heterocycles. The maximum atomic E-state index is 5.79. The molecule has 2 rings (SSSR count). The Balaban J connectivity index is 2.08. The molecule has 96 valence electrons. The summed E-state index contributed by atoms with van der Waals surface area (Å²) in [7, 11) is 0. The van der Waals surface area contributed by atoms with Crippen molar-refractivity contribution in [1.82, 2.24) is 9.97 Å². The quantitative estimate of drug-likeness (QED) is 0.776. The van der Waals surface area contributed by atoms with E-state index in [1.807, 2.05) is 12.1 Å². The third-order valence-electron chi connectivity index (χ3n) is 2.69. The van der Waals surface area contributed by atoms with Crippen molar-refractivity contribution in [3.8, 4) is 5.75 Å². The molecule has 0 aromatic carbocycles. The van der Waals surface area contributed by atoms with E-state index in [1.165, 1.54) is 6.42 Å². The molecule has 0 amide bonds. The lowest BCUT2D eigenvalue weighted by Crippen LogP contribution is -2.01. The van der Waals surface area contributed by atoms with Crippen LogP contribution in [0, 0.1) is 5.92 Å². The highest BCUT2D eigenvalue weighted by Gasteiger charge is 2.05. The molecular formula is C14H17BrN2O. The summed E-state index contributed by atoms with van der Waals surface area (Å²) in [6, 6.07) is 3.82. The summed E-state index contributed by atoms with van der Waals surface area (Å²) in [5.74, 6) is 1.54. The van der Waals surface area contributed by atoms with Gasteiger partial charge in [-0.15, -0.1) is 0 Å². The van der Waals surface area contributed by atoms with Crippen molar-refractivity contribution in [3.05, 3.63) is 29.0 Å². The number of aromatic nitrogens is 2. The minimum absolute atomic E-state index is 0.719. The van der Waals surface area contributed by atoms with Crippen LogP contribution in [-0.2, 0) is 0 Å². The van der Waals surface area contributed by atoms with Gasteiger partial charge in [-0.25, -0.2) is 4.98 Å². The van der Waals surface area contributed by atoms with Gasteiger partial charge in [0.1, 0.15) is 11.3 Å². The first kappa shape index (κ1) is 13.3. The average molecular weight is 309 g/mol. The Labute approximate surface area is 116 Å². The standard InChI is InChI=1S/C14H17BrN2O/c1-10(2)4-3-7-18-13-5-6-16-12-8-11(15)9-17-14(12)13/h5-6,8-10H,3-4,7H2,1-2H3. The number of halogens is 1. The largest absolute Gasteiger partial charge is 0.491 e. The van der Waals surface area contributed by atoms with E-state index >= 15 is 0 Å². The first-order valence-electron chi connectivity index (χ1n) is 6.20. The SMILES string of the molecule is CC(C)CCCOc1ccnc2cc(Br)cnc12. The van der Waals surface area contributed by atoms with Crippen molar-refractivity contribution in [1.29, 1.82) is 0 Å². The second-order valence-corrected chi connectivity index (χ2v) is 5.63. The van der Waals surface area contributed by atoms with Gasteiger partial charge >= 0.3 is 0 Å². The summed E-state index contributed by atoms with van der Waals surface area (Å²) in [5.41, 5.74) is 1.68. The van der Waals surface area contributed by atoms with Crippen molar-refractivity contribution in [2.24, 2.45) is 5.92 Å². The Morgan fingerprint density at radius 3 is 2.94 bits per heavy atom. The highest BCUT2D eigenvalue weighted by atomic mass is 79.9. The second kappa shape index (κ2) is 6.14. The van der Waals surface area contributed by atoms with Gasteiger partial charge in [0, 0.05) is 22.9 Å². The predicted molar refractivity (Wildman–Crippen MR) is 76.8 cm³/mol. The number of hydrogen-bond donors (Lipinski definition) is 0. The highest BCUT2D eigenvalue weighted by molar-refractivity contribution is 9.10. The number of nitrogens with zero attached hydrogens (tertiary/aromatic N) is 2. The van der Waals surface area contributed by atoms with Crippen molar-refractivity contribution < 1.29 is 4.74 Å². The van der Waals surface area contributed by atoms with Gasteiger partial charge in [0.05, 0.1) is 12.1 Å². The second-order valence-electron chi connectivity index (χ2n) is 4.71. The van der Waals surface area contributed by atoms with Crippen LogP contribution in [0.3, 0.4) is 0 Å². The van der Waals surface area contributed by atoms with Gasteiger partial charge in [0.25, 0.3) is 0 Å². The van der Waals surface area contributed by atoms with Crippen LogP contribution in [0.15, 0.2) is 29.0 Å². The van der Waals surface area contributed by atoms with Gasteiger partial charge < -0.3 is 4.74 Å². The molecule has 0 fully saturated rings. The van der Waals surface area contributed by atoms with E-state index in [1.54, 1.807) is 12.4 Å². The van der Waals surface area contributed by atoms with Crippen LogP contribution in [0.25, 0.3) is 11.0 Å². The number of rotatable bonds is 5. The fraction of sp³-hybridized carbons (Fsp3) is 0.429. The molecule has 0 aliphatic rings. The maximum Gasteiger partial charge on any atom is 0.148 e. The molecule has 0 spiro atoms. The highest BCUT2D eigenvalue weighted by Crippen LogP contribution is 2.24. The van der Waals surface area contributed by atoms with E-state index in [4.69, 9.17) is 4.74 Å². The Morgan fingerprint density at radius 2 is 2.17 bits per heavy atom. The van der Waals surface area contributed by atoms with Crippen LogP contribution in [0.4, 0.5) is 0 Å². The average Bonchev–Trinajstić information content (AvgIpc) is 2.34. The van der Waals surface area contributed by atoms with E-state index in [2.05, 4.69) is 39.7 Å². The summed E-state index contributed by atoms with van der Waals surface area (Å²) in [6.07, 6.45) is 5.78. The van der Waals surface area contributed by atoms with Crippen LogP contribution in [0.5, 0.6) is 5.75 Å². The minimum atomic E-state index is 0.719. The lowest BCUT2D eigenvalue weighted by atomic mass is 10.1. The van der Waals surface area contributed by atoms with E-state index in [0.29, 0.717) is 0 Å². The number of hydrogen-bond acceptors (Lipinski definition) is 3. The Hall–Kier alpha value is -1.16. The van der Waals surface area contributed by atoms with Gasteiger partial charge in [-0.3, -0.25) is 4.98 Å². The van der Waals surface area contributed by atoms with Crippen molar-refractivity contribution >= 4 is 27.0 Å². The lowest BCUT2D eigenvalue weighted by molar-refractivity contribution is 0.300. The van der Waals surface area contributed by atoms with Crippen LogP contribution >= 0.6 is 15.9 Å². The molecule has 0 radical (unpaired) electrons.